The second-order valence-electron chi connectivity index (χ2n) is 4.59. The first-order valence-corrected chi connectivity index (χ1v) is 7.38. The van der Waals surface area contributed by atoms with E-state index >= 15 is 0 Å². The molecule has 3 aromatic carbocycles. The predicted octanol–water partition coefficient (Wildman–Crippen LogP) is 6.03. The zero-order chi connectivity index (χ0) is 15.0. The molecule has 0 heterocycles. The fourth-order valence-electron chi connectivity index (χ4n) is 2.28. The summed E-state index contributed by atoms with van der Waals surface area (Å²) < 4.78 is 0. The zero-order valence-electron chi connectivity index (χ0n) is 10.7. The second kappa shape index (κ2) is 5.69. The fourth-order valence-corrected chi connectivity index (χ4v) is 3.00. The van der Waals surface area contributed by atoms with E-state index in [1.54, 1.807) is 30.3 Å². The highest BCUT2D eigenvalue weighted by atomic mass is 35.5. The first kappa shape index (κ1) is 14.4. The van der Waals surface area contributed by atoms with Gasteiger partial charge in [0.25, 0.3) is 0 Å². The van der Waals surface area contributed by atoms with Crippen molar-refractivity contribution in [1.29, 1.82) is 0 Å². The van der Waals surface area contributed by atoms with E-state index in [2.05, 4.69) is 0 Å². The number of fused-ring (bicyclic) bond motifs is 1. The van der Waals surface area contributed by atoms with Gasteiger partial charge in [-0.15, -0.1) is 0 Å². The molecule has 0 aliphatic heterocycles. The SMILES string of the molecule is O=C(c1ccc(Cl)cc1Cl)c1ccc(Cl)c2ccccc12. The van der Waals surface area contributed by atoms with Crippen LogP contribution in [0.1, 0.15) is 15.9 Å². The summed E-state index contributed by atoms with van der Waals surface area (Å²) in [6.07, 6.45) is 0. The van der Waals surface area contributed by atoms with Crippen molar-refractivity contribution in [3.63, 3.8) is 0 Å². The van der Waals surface area contributed by atoms with E-state index in [9.17, 15) is 4.79 Å². The highest BCUT2D eigenvalue weighted by molar-refractivity contribution is 6.39. The Hall–Kier alpha value is -1.54. The molecule has 3 aromatic rings. The first-order valence-electron chi connectivity index (χ1n) is 6.25. The summed E-state index contributed by atoms with van der Waals surface area (Å²) in [4.78, 5) is 12.7. The molecule has 0 fully saturated rings. The Morgan fingerprint density at radius 1 is 0.714 bits per heavy atom. The molecule has 0 saturated carbocycles. The number of rotatable bonds is 2. The average Bonchev–Trinajstić information content (AvgIpc) is 2.47. The number of hydrogen-bond acceptors (Lipinski definition) is 1. The number of halogens is 3. The van der Waals surface area contributed by atoms with Crippen LogP contribution in [0.3, 0.4) is 0 Å². The molecule has 3 rings (SSSR count). The van der Waals surface area contributed by atoms with Crippen molar-refractivity contribution in [2.45, 2.75) is 0 Å². The Labute approximate surface area is 137 Å². The number of benzene rings is 3. The van der Waals surface area contributed by atoms with E-state index in [4.69, 9.17) is 34.8 Å². The zero-order valence-corrected chi connectivity index (χ0v) is 13.0. The molecular formula is C17H9Cl3O. The number of carbonyl (C=O) groups excluding carboxylic acids is 1. The molecule has 4 heteroatoms. The normalized spacial score (nSPS) is 10.8. The summed E-state index contributed by atoms with van der Waals surface area (Å²) in [6, 6.07) is 15.8. The highest BCUT2D eigenvalue weighted by Crippen LogP contribution is 2.30. The van der Waals surface area contributed by atoms with E-state index in [0.29, 0.717) is 26.2 Å². The highest BCUT2D eigenvalue weighted by Gasteiger charge is 2.16. The minimum atomic E-state index is -0.149. The summed E-state index contributed by atoms with van der Waals surface area (Å²) in [5, 5.41) is 3.10. The maximum absolute atomic E-state index is 12.7. The molecule has 0 aromatic heterocycles. The molecule has 104 valence electrons. The molecule has 0 radical (unpaired) electrons. The quantitative estimate of drug-likeness (QED) is 0.522. The third-order valence-electron chi connectivity index (χ3n) is 3.29. The van der Waals surface area contributed by atoms with E-state index in [1.165, 1.54) is 0 Å². The van der Waals surface area contributed by atoms with Crippen LogP contribution in [0.25, 0.3) is 10.8 Å². The molecule has 1 nitrogen and oxygen atoms in total. The second-order valence-corrected chi connectivity index (χ2v) is 5.84. The third-order valence-corrected chi connectivity index (χ3v) is 4.17. The largest absolute Gasteiger partial charge is 0.289 e. The van der Waals surface area contributed by atoms with Crippen LogP contribution in [-0.2, 0) is 0 Å². The third kappa shape index (κ3) is 2.65. The van der Waals surface area contributed by atoms with Crippen LogP contribution < -0.4 is 0 Å². The summed E-state index contributed by atoms with van der Waals surface area (Å²) in [6.45, 7) is 0. The lowest BCUT2D eigenvalue weighted by atomic mass is 9.97. The van der Waals surface area contributed by atoms with E-state index in [-0.39, 0.29) is 5.78 Å². The molecule has 21 heavy (non-hydrogen) atoms. The van der Waals surface area contributed by atoms with Crippen molar-refractivity contribution in [3.05, 3.63) is 80.8 Å². The molecule has 0 saturated heterocycles. The van der Waals surface area contributed by atoms with Crippen molar-refractivity contribution in [2.75, 3.05) is 0 Å². The van der Waals surface area contributed by atoms with Gasteiger partial charge < -0.3 is 0 Å². The average molecular weight is 336 g/mol. The van der Waals surface area contributed by atoms with Crippen LogP contribution in [0.4, 0.5) is 0 Å². The summed E-state index contributed by atoms with van der Waals surface area (Å²) >= 11 is 18.2. The van der Waals surface area contributed by atoms with Gasteiger partial charge in [0.1, 0.15) is 0 Å². The van der Waals surface area contributed by atoms with Gasteiger partial charge in [0, 0.05) is 26.6 Å². The fraction of sp³-hybridized carbons (Fsp3) is 0. The van der Waals surface area contributed by atoms with Crippen molar-refractivity contribution in [1.82, 2.24) is 0 Å². The van der Waals surface area contributed by atoms with Gasteiger partial charge in [0.05, 0.1) is 5.02 Å². The summed E-state index contributed by atoms with van der Waals surface area (Å²) in [7, 11) is 0. The smallest absolute Gasteiger partial charge is 0.195 e. The standard InChI is InChI=1S/C17H9Cl3O/c18-10-5-6-14(16(20)9-10)17(21)13-7-8-15(19)12-4-2-1-3-11(12)13/h1-9H. The number of ketones is 1. The van der Waals surface area contributed by atoms with Gasteiger partial charge in [-0.05, 0) is 35.7 Å². The summed E-state index contributed by atoms with van der Waals surface area (Å²) in [5.74, 6) is -0.149. The lowest BCUT2D eigenvalue weighted by Crippen LogP contribution is -2.03. The van der Waals surface area contributed by atoms with Crippen molar-refractivity contribution < 1.29 is 4.79 Å². The Morgan fingerprint density at radius 2 is 1.38 bits per heavy atom. The van der Waals surface area contributed by atoms with Crippen LogP contribution in [0.2, 0.25) is 15.1 Å². The molecule has 0 N–H and O–H groups in total. The Bertz CT molecular complexity index is 856. The Kier molecular flexibility index (Phi) is 3.90. The molecule has 0 aliphatic rings. The van der Waals surface area contributed by atoms with Crippen LogP contribution in [0.15, 0.2) is 54.6 Å². The van der Waals surface area contributed by atoms with Crippen LogP contribution >= 0.6 is 34.8 Å². The topological polar surface area (TPSA) is 17.1 Å². The lowest BCUT2D eigenvalue weighted by molar-refractivity contribution is 0.104. The van der Waals surface area contributed by atoms with Gasteiger partial charge in [-0.25, -0.2) is 0 Å². The molecule has 0 aliphatic carbocycles. The van der Waals surface area contributed by atoms with Crippen LogP contribution in [0, 0.1) is 0 Å². The minimum absolute atomic E-state index is 0.149. The molecule has 0 amide bonds. The summed E-state index contributed by atoms with van der Waals surface area (Å²) in [5.41, 5.74) is 0.993. The molecule has 0 atom stereocenters. The van der Waals surface area contributed by atoms with Gasteiger partial charge >= 0.3 is 0 Å². The van der Waals surface area contributed by atoms with Crippen molar-refractivity contribution >= 4 is 51.4 Å². The molecule has 0 unspecified atom stereocenters. The first-order chi connectivity index (χ1) is 10.1. The van der Waals surface area contributed by atoms with E-state index in [0.717, 1.165) is 10.8 Å². The van der Waals surface area contributed by atoms with Crippen LogP contribution in [-0.4, -0.2) is 5.78 Å². The van der Waals surface area contributed by atoms with Crippen molar-refractivity contribution in [2.24, 2.45) is 0 Å². The lowest BCUT2D eigenvalue weighted by Gasteiger charge is -2.09. The Morgan fingerprint density at radius 3 is 2.10 bits per heavy atom. The predicted molar refractivity (Wildman–Crippen MR) is 88.9 cm³/mol. The van der Waals surface area contributed by atoms with E-state index in [1.807, 2.05) is 24.3 Å². The number of carbonyl (C=O) groups is 1. The Balaban J connectivity index is 2.21. The number of hydrogen-bond donors (Lipinski definition) is 0. The van der Waals surface area contributed by atoms with Gasteiger partial charge in [-0.3, -0.25) is 4.79 Å². The van der Waals surface area contributed by atoms with Gasteiger partial charge in [0.15, 0.2) is 5.78 Å². The van der Waals surface area contributed by atoms with Gasteiger partial charge in [-0.1, -0.05) is 59.1 Å². The monoisotopic (exact) mass is 334 g/mol. The molecule has 0 bridgehead atoms. The van der Waals surface area contributed by atoms with Crippen LogP contribution in [0.5, 0.6) is 0 Å². The minimum Gasteiger partial charge on any atom is -0.289 e. The van der Waals surface area contributed by atoms with E-state index < -0.39 is 0 Å². The maximum atomic E-state index is 12.7. The maximum Gasteiger partial charge on any atom is 0.195 e. The van der Waals surface area contributed by atoms with Crippen molar-refractivity contribution in [3.8, 4) is 0 Å². The molecular weight excluding hydrogens is 327 g/mol. The van der Waals surface area contributed by atoms with Gasteiger partial charge in [-0.2, -0.15) is 0 Å². The molecule has 0 spiro atoms. The van der Waals surface area contributed by atoms with Gasteiger partial charge in [0.2, 0.25) is 0 Å².